The monoisotopic (exact) mass is 534 g/mol. The summed E-state index contributed by atoms with van der Waals surface area (Å²) in [6.07, 6.45) is 6.00. The molecule has 164 valence electrons. The van der Waals surface area contributed by atoms with Crippen LogP contribution in [0.15, 0.2) is 40.0 Å². The summed E-state index contributed by atoms with van der Waals surface area (Å²) in [5, 5.41) is 7.15. The first-order valence-corrected chi connectivity index (χ1v) is 9.66. The molecular weight excluding hydrogens is 510 g/mol. The molecule has 1 atom stereocenters. The fourth-order valence-electron chi connectivity index (χ4n) is 1.25. The third kappa shape index (κ3) is 14.6. The zero-order valence-corrected chi connectivity index (χ0v) is 24.5. The Bertz CT molecular complexity index is 781. The molecule has 2 rings (SSSR count). The summed E-state index contributed by atoms with van der Waals surface area (Å²) in [6, 6.07) is 0. The average molecular weight is 535 g/mol. The fraction of sp³-hybridized carbons (Fsp3) is 0.353. The predicted molar refractivity (Wildman–Crippen MR) is 112 cm³/mol. The van der Waals surface area contributed by atoms with E-state index in [0.29, 0.717) is 9.88 Å². The molecule has 0 spiro atoms. The topological polar surface area (TPSA) is 108 Å². The van der Waals surface area contributed by atoms with Crippen molar-refractivity contribution in [2.75, 3.05) is 7.05 Å². The Morgan fingerprint density at radius 2 is 1.93 bits per heavy atom. The van der Waals surface area contributed by atoms with E-state index in [-0.39, 0.29) is 78.0 Å². The van der Waals surface area contributed by atoms with Crippen LogP contribution in [0.4, 0.5) is 8.78 Å². The molecular formula is C17H25F2N5O3RbS2-. The minimum Gasteiger partial charge on any atom is -0.760 e. The number of aliphatic imine (C=N–C) groups is 1. The molecule has 2 aromatic rings. The van der Waals surface area contributed by atoms with E-state index in [0.717, 1.165) is 15.6 Å². The van der Waals surface area contributed by atoms with E-state index >= 15 is 0 Å². The Morgan fingerprint density at radius 1 is 1.33 bits per heavy atom. The number of allylic oxidation sites excluding steroid dienone is 3. The van der Waals surface area contributed by atoms with Gasteiger partial charge in [0, 0.05) is 17.5 Å². The Morgan fingerprint density at radius 3 is 2.30 bits per heavy atom. The van der Waals surface area contributed by atoms with E-state index in [1.165, 1.54) is 13.2 Å². The second kappa shape index (κ2) is 20.6. The van der Waals surface area contributed by atoms with Crippen LogP contribution in [0.25, 0.3) is 10.8 Å². The van der Waals surface area contributed by atoms with Gasteiger partial charge in [0.2, 0.25) is 0 Å². The Hall–Kier alpha value is -0.345. The maximum Gasteiger partial charge on any atom is 1.00 e. The summed E-state index contributed by atoms with van der Waals surface area (Å²) in [4.78, 5) is 7.78. The summed E-state index contributed by atoms with van der Waals surface area (Å²) in [5.74, 6) is -0.826. The van der Waals surface area contributed by atoms with Crippen molar-refractivity contribution in [1.29, 1.82) is 0 Å². The summed E-state index contributed by atoms with van der Waals surface area (Å²) < 4.78 is 51.6. The van der Waals surface area contributed by atoms with Crippen LogP contribution >= 0.6 is 11.3 Å². The SMILES string of the molecule is C/C=C\C.C=N/C=C\C.CN(Cc1ncc(-c2nnc(C(F)F)o2)s1)S(=O)[O-].[CH3-].[Rb+]. The molecule has 0 aliphatic rings. The van der Waals surface area contributed by atoms with Crippen molar-refractivity contribution in [1.82, 2.24) is 19.5 Å². The molecule has 0 N–H and O–H groups in total. The molecule has 0 amide bonds. The molecule has 0 aliphatic carbocycles. The van der Waals surface area contributed by atoms with Gasteiger partial charge in [-0.15, -0.1) is 21.5 Å². The molecule has 2 heterocycles. The largest absolute Gasteiger partial charge is 1.00 e. The van der Waals surface area contributed by atoms with Gasteiger partial charge in [-0.3, -0.25) is 9.20 Å². The van der Waals surface area contributed by atoms with Crippen molar-refractivity contribution in [2.45, 2.75) is 33.7 Å². The molecule has 8 nitrogen and oxygen atoms in total. The van der Waals surface area contributed by atoms with Gasteiger partial charge >= 0.3 is 64.6 Å². The second-order valence-corrected chi connectivity index (χ2v) is 6.87. The van der Waals surface area contributed by atoms with Gasteiger partial charge in [-0.25, -0.2) is 9.29 Å². The standard InChI is InChI=1S/C8H8F2N4O3S2.C4H7N.C4H8.CH3.Rb/c1-14(19(15)16)3-5-11-2-4(18-5)7-12-13-8(17-7)6(9)10;1-3-4-5-2;1-3-4-2;;/h2,6H,3H2,1H3,(H,15,16);3-4H,2H2,1H3;3-4H,1-2H3;1H3;/q;;;-1;+1/p-1/b;2*4-3-;;. The first-order chi connectivity index (χ1) is 13.3. The van der Waals surface area contributed by atoms with Crippen molar-refractivity contribution >= 4 is 29.3 Å². The Labute approximate surface area is 231 Å². The van der Waals surface area contributed by atoms with E-state index in [1.54, 1.807) is 6.20 Å². The number of thiazole rings is 1. The predicted octanol–water partition coefficient (Wildman–Crippen LogP) is 1.61. The van der Waals surface area contributed by atoms with Crippen molar-refractivity contribution < 1.29 is 80.1 Å². The molecule has 0 fully saturated rings. The van der Waals surface area contributed by atoms with Gasteiger partial charge in [0.25, 0.3) is 11.8 Å². The number of hydrogen-bond donors (Lipinski definition) is 0. The fourth-order valence-corrected chi connectivity index (χ4v) is 2.46. The van der Waals surface area contributed by atoms with E-state index < -0.39 is 23.6 Å². The van der Waals surface area contributed by atoms with Crippen molar-refractivity contribution in [3.8, 4) is 10.8 Å². The first kappa shape index (κ1) is 34.3. The number of aromatic nitrogens is 3. The smallest absolute Gasteiger partial charge is 0.760 e. The quantitative estimate of drug-likeness (QED) is 0.241. The minimum atomic E-state index is -2.83. The molecule has 0 aromatic carbocycles. The zero-order chi connectivity index (χ0) is 21.5. The third-order valence-electron chi connectivity index (χ3n) is 2.59. The molecule has 1 unspecified atom stereocenters. The second-order valence-electron chi connectivity index (χ2n) is 4.70. The van der Waals surface area contributed by atoms with Gasteiger partial charge in [-0.1, -0.05) is 18.2 Å². The normalized spacial score (nSPS) is 11.2. The van der Waals surface area contributed by atoms with Crippen LogP contribution in [0.2, 0.25) is 0 Å². The third-order valence-corrected chi connectivity index (χ3v) is 4.20. The molecule has 0 radical (unpaired) electrons. The van der Waals surface area contributed by atoms with Gasteiger partial charge in [0.15, 0.2) is 0 Å². The maximum atomic E-state index is 12.3. The summed E-state index contributed by atoms with van der Waals surface area (Å²) >= 11 is -1.26. The minimum absolute atomic E-state index is 0. The summed E-state index contributed by atoms with van der Waals surface area (Å²) in [7, 11) is 1.38. The van der Waals surface area contributed by atoms with Crippen molar-refractivity contribution in [3.63, 3.8) is 0 Å². The van der Waals surface area contributed by atoms with Gasteiger partial charge in [0.05, 0.1) is 12.7 Å². The van der Waals surface area contributed by atoms with Gasteiger partial charge in [-0.2, -0.15) is 8.78 Å². The molecule has 0 aliphatic heterocycles. The van der Waals surface area contributed by atoms with Gasteiger partial charge in [-0.05, 0) is 34.5 Å². The van der Waals surface area contributed by atoms with Crippen LogP contribution < -0.4 is 58.2 Å². The van der Waals surface area contributed by atoms with Crippen LogP contribution in [-0.2, 0) is 17.8 Å². The van der Waals surface area contributed by atoms with Crippen LogP contribution in [0.5, 0.6) is 0 Å². The molecule has 0 bridgehead atoms. The van der Waals surface area contributed by atoms with Gasteiger partial charge < -0.3 is 16.4 Å². The van der Waals surface area contributed by atoms with Gasteiger partial charge in [0.1, 0.15) is 9.88 Å². The van der Waals surface area contributed by atoms with Crippen LogP contribution in [-0.4, -0.2) is 42.0 Å². The van der Waals surface area contributed by atoms with E-state index in [4.69, 9.17) is 4.42 Å². The number of alkyl halides is 2. The number of rotatable bonds is 6. The van der Waals surface area contributed by atoms with Crippen LogP contribution in [0.3, 0.4) is 0 Å². The number of halogens is 2. The molecule has 30 heavy (non-hydrogen) atoms. The Kier molecular flexibility index (Phi) is 23.5. The first-order valence-electron chi connectivity index (χ1n) is 7.82. The van der Waals surface area contributed by atoms with E-state index in [9.17, 15) is 17.5 Å². The van der Waals surface area contributed by atoms with Crippen LogP contribution in [0.1, 0.15) is 38.1 Å². The molecule has 0 saturated heterocycles. The van der Waals surface area contributed by atoms with Crippen LogP contribution in [0, 0.1) is 7.43 Å². The summed E-state index contributed by atoms with van der Waals surface area (Å²) in [5.41, 5.74) is 0. The maximum absolute atomic E-state index is 12.3. The molecule has 2 aromatic heterocycles. The molecule has 13 heteroatoms. The van der Waals surface area contributed by atoms with Crippen molar-refractivity contribution in [2.24, 2.45) is 4.99 Å². The Balaban J connectivity index is -0.000000565. The van der Waals surface area contributed by atoms with Crippen molar-refractivity contribution in [3.05, 3.63) is 48.9 Å². The number of nitrogens with zero attached hydrogens (tertiary/aromatic N) is 5. The average Bonchev–Trinajstić information content (AvgIpc) is 3.32. The molecule has 0 saturated carbocycles. The number of hydrogen-bond acceptors (Lipinski definition) is 8. The van der Waals surface area contributed by atoms with E-state index in [1.807, 2.05) is 39.0 Å². The van der Waals surface area contributed by atoms with E-state index in [2.05, 4.69) is 26.9 Å². The zero-order valence-electron chi connectivity index (χ0n) is 17.9. The summed E-state index contributed by atoms with van der Waals surface area (Å²) in [6.45, 7) is 9.19.